The average Bonchev–Trinajstić information content (AvgIpc) is 3.99. The van der Waals surface area contributed by atoms with Crippen LogP contribution in [0.15, 0.2) is 76.3 Å². The smallest absolute Gasteiger partial charge is 0.416 e. The minimum Gasteiger partial charge on any atom is -0.487 e. The van der Waals surface area contributed by atoms with Crippen LogP contribution in [0.2, 0.25) is 0 Å². The van der Waals surface area contributed by atoms with E-state index in [1.807, 2.05) is 0 Å². The predicted molar refractivity (Wildman–Crippen MR) is 197 cm³/mol. The molecule has 1 N–H and O–H groups in total. The van der Waals surface area contributed by atoms with Crippen LogP contribution in [0.25, 0.3) is 11.1 Å². The van der Waals surface area contributed by atoms with Gasteiger partial charge in [-0.1, -0.05) is 48.5 Å². The van der Waals surface area contributed by atoms with Crippen molar-refractivity contribution in [1.82, 2.24) is 19.4 Å². The zero-order chi connectivity index (χ0) is 40.5. The van der Waals surface area contributed by atoms with Crippen molar-refractivity contribution in [2.45, 2.75) is 90.4 Å². The Labute approximate surface area is 319 Å². The number of nitrogens with one attached hydrogen (secondary N) is 1. The van der Waals surface area contributed by atoms with Gasteiger partial charge in [0.05, 0.1) is 30.3 Å². The van der Waals surface area contributed by atoms with Crippen LogP contribution in [-0.4, -0.2) is 50.8 Å². The Kier molecular flexibility index (Phi) is 11.4. The molecule has 2 amide bonds. The number of amides is 2. The molecule has 298 valence electrons. The first-order chi connectivity index (χ1) is 26.4. The Balaban J connectivity index is 1.45. The van der Waals surface area contributed by atoms with Gasteiger partial charge in [0.1, 0.15) is 17.5 Å². The summed E-state index contributed by atoms with van der Waals surface area (Å²) in [6.45, 7) is 5.54. The highest BCUT2D eigenvalue weighted by Gasteiger charge is 2.37. The van der Waals surface area contributed by atoms with E-state index < -0.39 is 77.1 Å². The first kappa shape index (κ1) is 40.2. The minimum atomic E-state index is -5.00. The van der Waals surface area contributed by atoms with Gasteiger partial charge in [0.2, 0.25) is 5.91 Å². The number of piperidine rings is 1. The molecule has 10 nitrogen and oxygen atoms in total. The van der Waals surface area contributed by atoms with E-state index in [-0.39, 0.29) is 34.4 Å². The number of hydrogen-bond donors (Lipinski definition) is 1. The third-order valence-corrected chi connectivity index (χ3v) is 9.89. The van der Waals surface area contributed by atoms with Gasteiger partial charge in [-0.25, -0.2) is 18.4 Å². The number of halogens is 5. The molecule has 1 aromatic heterocycles. The molecule has 0 unspecified atom stereocenters. The molecule has 2 heterocycles. The maximum Gasteiger partial charge on any atom is 0.416 e. The summed E-state index contributed by atoms with van der Waals surface area (Å²) in [4.78, 5) is 56.2. The van der Waals surface area contributed by atoms with E-state index in [0.717, 1.165) is 29.5 Å². The number of rotatable bonds is 10. The molecular formula is C41H43F5N4O6. The molecule has 1 atom stereocenters. The molecule has 6 rings (SSSR count). The Morgan fingerprint density at radius 2 is 1.54 bits per heavy atom. The Morgan fingerprint density at radius 1 is 0.875 bits per heavy atom. The quantitative estimate of drug-likeness (QED) is 0.168. The zero-order valence-electron chi connectivity index (χ0n) is 31.4. The lowest BCUT2D eigenvalue weighted by Gasteiger charge is -2.32. The lowest BCUT2D eigenvalue weighted by molar-refractivity contribution is -0.138. The van der Waals surface area contributed by atoms with Gasteiger partial charge in [0.25, 0.3) is 5.56 Å². The number of alkyl carbamates (subject to hydrolysis) is 1. The number of aromatic nitrogens is 2. The minimum absolute atomic E-state index is 0.0617. The summed E-state index contributed by atoms with van der Waals surface area (Å²) in [6.07, 6.45) is -3.71. The monoisotopic (exact) mass is 782 g/mol. The van der Waals surface area contributed by atoms with E-state index in [0.29, 0.717) is 42.1 Å². The van der Waals surface area contributed by atoms with E-state index in [4.69, 9.17) is 9.47 Å². The van der Waals surface area contributed by atoms with Crippen molar-refractivity contribution in [3.63, 3.8) is 0 Å². The fourth-order valence-corrected chi connectivity index (χ4v) is 6.91. The highest BCUT2D eigenvalue weighted by molar-refractivity contribution is 5.81. The van der Waals surface area contributed by atoms with Gasteiger partial charge in [0, 0.05) is 48.7 Å². The van der Waals surface area contributed by atoms with Crippen molar-refractivity contribution in [1.29, 1.82) is 0 Å². The molecular weight excluding hydrogens is 739 g/mol. The van der Waals surface area contributed by atoms with E-state index in [1.54, 1.807) is 56.0 Å². The lowest BCUT2D eigenvalue weighted by atomic mass is 10.0. The SMILES string of the molecule is Cc1c(-c2cccc(OC3CCN(C(=O)C4CC4)CC3)c2F)c(=O)n(C[C@H](NC(=O)OC(C)(C)C)c2ccccc2)c(=O)n1Cc1c(F)cccc1C(F)(F)F. The molecule has 2 aliphatic rings. The van der Waals surface area contributed by atoms with Crippen molar-refractivity contribution in [3.8, 4) is 16.9 Å². The van der Waals surface area contributed by atoms with Crippen LogP contribution in [0, 0.1) is 24.5 Å². The second-order valence-corrected chi connectivity index (χ2v) is 15.2. The maximum atomic E-state index is 16.6. The topological polar surface area (TPSA) is 112 Å². The normalized spacial score (nSPS) is 15.7. The summed E-state index contributed by atoms with van der Waals surface area (Å²) >= 11 is 0. The van der Waals surface area contributed by atoms with E-state index in [2.05, 4.69) is 5.32 Å². The number of likely N-dealkylation sites (tertiary alicyclic amines) is 1. The van der Waals surface area contributed by atoms with Crippen LogP contribution in [0.3, 0.4) is 0 Å². The number of carbonyl (C=O) groups excluding carboxylic acids is 2. The molecule has 4 aromatic rings. The van der Waals surface area contributed by atoms with Gasteiger partial charge >= 0.3 is 18.0 Å². The van der Waals surface area contributed by atoms with Crippen molar-refractivity contribution in [2.24, 2.45) is 5.92 Å². The molecule has 56 heavy (non-hydrogen) atoms. The van der Waals surface area contributed by atoms with E-state index >= 15 is 8.78 Å². The summed E-state index contributed by atoms with van der Waals surface area (Å²) in [7, 11) is 0. The summed E-state index contributed by atoms with van der Waals surface area (Å²) in [5, 5.41) is 2.66. The first-order valence-corrected chi connectivity index (χ1v) is 18.4. The molecule has 2 fully saturated rings. The molecule has 1 aliphatic carbocycles. The Morgan fingerprint density at radius 3 is 2.16 bits per heavy atom. The molecule has 0 spiro atoms. The summed E-state index contributed by atoms with van der Waals surface area (Å²) in [5.74, 6) is -2.25. The zero-order valence-corrected chi connectivity index (χ0v) is 31.4. The number of nitrogens with zero attached hydrogens (tertiary/aromatic N) is 3. The molecule has 15 heteroatoms. The Bertz CT molecular complexity index is 2220. The van der Waals surface area contributed by atoms with Gasteiger partial charge in [-0.2, -0.15) is 13.2 Å². The summed E-state index contributed by atoms with van der Waals surface area (Å²) in [6, 6.07) is 13.7. The van der Waals surface area contributed by atoms with Crippen molar-refractivity contribution < 1.29 is 41.0 Å². The standard InChI is InChI=1S/C41H43F5N4O6/c1-24-34(28-12-8-15-33(35(28)43)55-27-18-20-48(21-19-27)36(51)26-16-17-26)37(52)50(23-32(25-10-6-5-7-11-25)47-38(53)56-40(2,3)4)39(54)49(24)22-29-30(41(44,45)46)13-9-14-31(29)42/h5-15,26-27,32H,16-23H2,1-4H3,(H,47,53)/t32-/m0/s1. The van der Waals surface area contributed by atoms with Crippen LogP contribution >= 0.6 is 0 Å². The van der Waals surface area contributed by atoms with Crippen molar-refractivity contribution >= 4 is 12.0 Å². The van der Waals surface area contributed by atoms with Crippen LogP contribution < -0.4 is 21.3 Å². The third-order valence-electron chi connectivity index (χ3n) is 9.89. The molecule has 0 bridgehead atoms. The van der Waals surface area contributed by atoms with E-state index in [9.17, 15) is 32.3 Å². The second kappa shape index (κ2) is 15.9. The highest BCUT2D eigenvalue weighted by atomic mass is 19.4. The summed E-state index contributed by atoms with van der Waals surface area (Å²) < 4.78 is 87.3. The van der Waals surface area contributed by atoms with Gasteiger partial charge in [-0.15, -0.1) is 0 Å². The third kappa shape index (κ3) is 8.97. The van der Waals surface area contributed by atoms with Crippen molar-refractivity contribution in [3.05, 3.63) is 122 Å². The van der Waals surface area contributed by atoms with Gasteiger partial charge < -0.3 is 19.7 Å². The maximum absolute atomic E-state index is 16.6. The Hall–Kier alpha value is -5.47. The van der Waals surface area contributed by atoms with Crippen LogP contribution in [0.4, 0.5) is 26.7 Å². The van der Waals surface area contributed by atoms with Crippen molar-refractivity contribution in [2.75, 3.05) is 13.1 Å². The number of alkyl halides is 3. The number of benzene rings is 3. The first-order valence-electron chi connectivity index (χ1n) is 18.4. The highest BCUT2D eigenvalue weighted by Crippen LogP contribution is 2.36. The van der Waals surface area contributed by atoms with Gasteiger partial charge in [0.15, 0.2) is 11.6 Å². The molecule has 3 aromatic carbocycles. The molecule has 1 aliphatic heterocycles. The van der Waals surface area contributed by atoms with Gasteiger partial charge in [-0.05, 0) is 64.3 Å². The van der Waals surface area contributed by atoms with Gasteiger partial charge in [-0.3, -0.25) is 18.7 Å². The second-order valence-electron chi connectivity index (χ2n) is 15.2. The number of hydrogen-bond acceptors (Lipinski definition) is 6. The fourth-order valence-electron chi connectivity index (χ4n) is 6.91. The lowest BCUT2D eigenvalue weighted by Crippen LogP contribution is -2.46. The molecule has 1 saturated heterocycles. The largest absolute Gasteiger partial charge is 0.487 e. The fraction of sp³-hybridized carbons (Fsp3) is 0.415. The predicted octanol–water partition coefficient (Wildman–Crippen LogP) is 7.38. The van der Waals surface area contributed by atoms with Crippen LogP contribution in [0.5, 0.6) is 5.75 Å². The molecule has 0 radical (unpaired) electrons. The average molecular weight is 783 g/mol. The number of ether oxygens (including phenoxy) is 2. The van der Waals surface area contributed by atoms with E-state index in [1.165, 1.54) is 25.1 Å². The molecule has 1 saturated carbocycles. The van der Waals surface area contributed by atoms with Crippen LogP contribution in [-0.2, 0) is 28.8 Å². The van der Waals surface area contributed by atoms with Crippen LogP contribution in [0.1, 0.15) is 74.9 Å². The number of carbonyl (C=O) groups is 2. The summed E-state index contributed by atoms with van der Waals surface area (Å²) in [5.41, 5.74) is -5.73.